The van der Waals surface area contributed by atoms with E-state index in [0.717, 1.165) is 11.6 Å². The fourth-order valence-electron chi connectivity index (χ4n) is 2.73. The second kappa shape index (κ2) is 8.32. The van der Waals surface area contributed by atoms with Crippen molar-refractivity contribution >= 4 is 40.1 Å². The molecule has 0 spiro atoms. The van der Waals surface area contributed by atoms with E-state index in [1.54, 1.807) is 12.1 Å². The van der Waals surface area contributed by atoms with E-state index in [2.05, 4.69) is 10.0 Å². The van der Waals surface area contributed by atoms with Gasteiger partial charge in [-0.1, -0.05) is 19.9 Å². The van der Waals surface area contributed by atoms with Crippen molar-refractivity contribution < 1.29 is 32.7 Å². The molecule has 0 fully saturated rings. The molecular weight excluding hydrogens is 399 g/mol. The molecule has 3 rings (SSSR count). The molecule has 0 aliphatic carbocycles. The number of nitrogens with one attached hydrogen (secondary N) is 2. The minimum atomic E-state index is -4.13. The van der Waals surface area contributed by atoms with E-state index in [1.165, 1.54) is 18.2 Å². The highest BCUT2D eigenvalue weighted by molar-refractivity contribution is 7.92. The maximum atomic E-state index is 12.9. The first kappa shape index (κ1) is 21.0. The molecule has 9 nitrogen and oxygen atoms in total. The van der Waals surface area contributed by atoms with E-state index in [4.69, 9.17) is 9.39 Å². The average Bonchev–Trinajstić information content (AvgIpc) is 3.00. The van der Waals surface area contributed by atoms with Gasteiger partial charge >= 0.3 is 13.2 Å². The smallest absolute Gasteiger partial charge is 0.491 e. The number of ether oxygens (including phenoxy) is 1. The van der Waals surface area contributed by atoms with Crippen LogP contribution in [0.2, 0.25) is 0 Å². The predicted molar refractivity (Wildman–Crippen MR) is 108 cm³/mol. The highest BCUT2D eigenvalue weighted by Crippen LogP contribution is 2.28. The highest BCUT2D eigenvalue weighted by atomic mass is 32.2. The van der Waals surface area contributed by atoms with Crippen LogP contribution in [0.4, 0.5) is 16.2 Å². The van der Waals surface area contributed by atoms with Gasteiger partial charge in [-0.25, -0.2) is 13.2 Å². The third kappa shape index (κ3) is 5.00. The van der Waals surface area contributed by atoms with Crippen molar-refractivity contribution in [3.63, 3.8) is 0 Å². The number of aromatic hydroxyl groups is 1. The number of phenolic OH excluding ortho intramolecular Hbond substituents is 1. The Morgan fingerprint density at radius 1 is 1.28 bits per heavy atom. The standard InChI is InChI=1S/C18H21BN2O7S/c1-11(2)9-27-18(23)20-16-8-14(22)5-6-17(16)29(25,26)21-13-4-3-12-10-28-19(24)15(12)7-13/h3-8,11,21-22,24H,9-10H2,1-2H3,(H,20,23). The number of anilines is 2. The van der Waals surface area contributed by atoms with Crippen LogP contribution in [0.1, 0.15) is 19.4 Å². The molecule has 0 radical (unpaired) electrons. The zero-order valence-electron chi connectivity index (χ0n) is 15.9. The van der Waals surface area contributed by atoms with E-state index >= 15 is 0 Å². The van der Waals surface area contributed by atoms with Crippen molar-refractivity contribution in [2.75, 3.05) is 16.6 Å². The molecule has 0 atom stereocenters. The molecule has 1 amide bonds. The van der Waals surface area contributed by atoms with E-state index in [-0.39, 0.29) is 41.2 Å². The monoisotopic (exact) mass is 420 g/mol. The Kier molecular flexibility index (Phi) is 6.01. The van der Waals surface area contributed by atoms with Crippen LogP contribution in [-0.2, 0) is 26.0 Å². The normalized spacial score (nSPS) is 13.3. The number of hydrogen-bond acceptors (Lipinski definition) is 7. The second-order valence-electron chi connectivity index (χ2n) is 6.98. The van der Waals surface area contributed by atoms with Crippen molar-refractivity contribution in [2.24, 2.45) is 5.92 Å². The van der Waals surface area contributed by atoms with Crippen LogP contribution in [0, 0.1) is 5.92 Å². The van der Waals surface area contributed by atoms with Crippen LogP contribution < -0.4 is 15.5 Å². The average molecular weight is 420 g/mol. The first-order valence-corrected chi connectivity index (χ1v) is 10.4. The van der Waals surface area contributed by atoms with E-state index in [1.807, 2.05) is 13.8 Å². The Bertz CT molecular complexity index is 1030. The molecule has 4 N–H and O–H groups in total. The Morgan fingerprint density at radius 2 is 2.03 bits per heavy atom. The number of fused-ring (bicyclic) bond motifs is 1. The van der Waals surface area contributed by atoms with Crippen LogP contribution >= 0.6 is 0 Å². The molecule has 11 heteroatoms. The van der Waals surface area contributed by atoms with E-state index < -0.39 is 23.2 Å². The number of benzene rings is 2. The Morgan fingerprint density at radius 3 is 2.76 bits per heavy atom. The topological polar surface area (TPSA) is 134 Å². The number of carbonyl (C=O) groups excluding carboxylic acids is 1. The minimum Gasteiger partial charge on any atom is -0.508 e. The second-order valence-corrected chi connectivity index (χ2v) is 8.63. The molecule has 1 heterocycles. The SMILES string of the molecule is CC(C)COC(=O)Nc1cc(O)ccc1S(=O)(=O)Nc1ccc2c(c1)B(O)OC2. The van der Waals surface area contributed by atoms with Gasteiger partial charge < -0.3 is 19.5 Å². The molecule has 29 heavy (non-hydrogen) atoms. The van der Waals surface area contributed by atoms with Gasteiger partial charge in [0.2, 0.25) is 0 Å². The number of carbonyl (C=O) groups is 1. The summed E-state index contributed by atoms with van der Waals surface area (Å²) < 4.78 is 38.3. The Balaban J connectivity index is 1.85. The zero-order chi connectivity index (χ0) is 21.2. The van der Waals surface area contributed by atoms with Crippen LogP contribution in [0.3, 0.4) is 0 Å². The molecule has 0 bridgehead atoms. The lowest BCUT2D eigenvalue weighted by atomic mass is 9.79. The number of sulfonamides is 1. The van der Waals surface area contributed by atoms with Gasteiger partial charge in [0.1, 0.15) is 10.6 Å². The van der Waals surface area contributed by atoms with Gasteiger partial charge in [-0.3, -0.25) is 10.0 Å². The molecule has 0 saturated heterocycles. The van der Waals surface area contributed by atoms with Crippen LogP contribution in [0.5, 0.6) is 5.75 Å². The molecule has 1 aliphatic heterocycles. The summed E-state index contributed by atoms with van der Waals surface area (Å²) in [4.78, 5) is 11.7. The molecule has 1 aliphatic rings. The summed E-state index contributed by atoms with van der Waals surface area (Å²) in [5, 5.41) is 21.9. The number of phenols is 1. The van der Waals surface area contributed by atoms with Gasteiger partial charge in [-0.15, -0.1) is 0 Å². The van der Waals surface area contributed by atoms with Crippen molar-refractivity contribution in [3.8, 4) is 5.75 Å². The minimum absolute atomic E-state index is 0.105. The summed E-state index contributed by atoms with van der Waals surface area (Å²) in [5.41, 5.74) is 1.33. The summed E-state index contributed by atoms with van der Waals surface area (Å²) in [6.07, 6.45) is -0.835. The van der Waals surface area contributed by atoms with Gasteiger partial charge in [0.15, 0.2) is 0 Å². The van der Waals surface area contributed by atoms with E-state index in [9.17, 15) is 23.3 Å². The van der Waals surface area contributed by atoms with Crippen LogP contribution in [0.25, 0.3) is 0 Å². The van der Waals surface area contributed by atoms with Crippen LogP contribution in [-0.4, -0.2) is 38.4 Å². The van der Waals surface area contributed by atoms with Gasteiger partial charge in [0, 0.05) is 11.8 Å². The van der Waals surface area contributed by atoms with Crippen molar-refractivity contribution in [3.05, 3.63) is 42.0 Å². The largest absolute Gasteiger partial charge is 0.508 e. The molecule has 2 aromatic carbocycles. The summed E-state index contributed by atoms with van der Waals surface area (Å²) in [6, 6.07) is 8.16. The molecule has 0 saturated carbocycles. The molecule has 0 unspecified atom stereocenters. The number of hydrogen-bond donors (Lipinski definition) is 4. The fourth-order valence-corrected chi connectivity index (χ4v) is 3.92. The van der Waals surface area contributed by atoms with E-state index in [0.29, 0.717) is 5.46 Å². The summed E-state index contributed by atoms with van der Waals surface area (Å²) in [5.74, 6) is -0.116. The van der Waals surface area contributed by atoms with Gasteiger partial charge in [0.05, 0.1) is 18.9 Å². The molecular formula is C18H21BN2O7S. The first-order valence-electron chi connectivity index (χ1n) is 8.88. The highest BCUT2D eigenvalue weighted by Gasteiger charge is 2.28. The Labute approximate surface area is 168 Å². The lowest BCUT2D eigenvalue weighted by molar-refractivity contribution is 0.147. The first-order chi connectivity index (χ1) is 13.7. The lowest BCUT2D eigenvalue weighted by Crippen LogP contribution is -2.28. The third-order valence-corrected chi connectivity index (χ3v) is 5.54. The van der Waals surface area contributed by atoms with Gasteiger partial charge in [0.25, 0.3) is 10.0 Å². The van der Waals surface area contributed by atoms with Crippen LogP contribution in [0.15, 0.2) is 41.3 Å². The number of rotatable bonds is 6. The quantitative estimate of drug-likeness (QED) is 0.522. The Hall–Kier alpha value is -2.76. The molecule has 154 valence electrons. The fraction of sp³-hybridized carbons (Fsp3) is 0.278. The maximum Gasteiger partial charge on any atom is 0.491 e. The van der Waals surface area contributed by atoms with Gasteiger partial charge in [-0.2, -0.15) is 0 Å². The third-order valence-electron chi connectivity index (χ3n) is 4.10. The zero-order valence-corrected chi connectivity index (χ0v) is 16.7. The van der Waals surface area contributed by atoms with Crippen molar-refractivity contribution in [2.45, 2.75) is 25.3 Å². The molecule has 2 aromatic rings. The summed E-state index contributed by atoms with van der Waals surface area (Å²) in [7, 11) is -5.24. The molecule has 0 aromatic heterocycles. The summed E-state index contributed by atoms with van der Waals surface area (Å²) in [6.45, 7) is 4.12. The summed E-state index contributed by atoms with van der Waals surface area (Å²) >= 11 is 0. The lowest BCUT2D eigenvalue weighted by Gasteiger charge is -2.15. The predicted octanol–water partition coefficient (Wildman–Crippen LogP) is 1.62. The van der Waals surface area contributed by atoms with Gasteiger partial charge in [-0.05, 0) is 41.2 Å². The number of amides is 1. The van der Waals surface area contributed by atoms with Crippen molar-refractivity contribution in [1.82, 2.24) is 0 Å². The maximum absolute atomic E-state index is 12.9. The van der Waals surface area contributed by atoms with Crippen molar-refractivity contribution in [1.29, 1.82) is 0 Å².